The van der Waals surface area contributed by atoms with E-state index in [-0.39, 0.29) is 17.2 Å². The van der Waals surface area contributed by atoms with Crippen LogP contribution in [-0.4, -0.2) is 15.9 Å². The lowest BCUT2D eigenvalue weighted by Gasteiger charge is -2.07. The number of halogens is 1. The Morgan fingerprint density at radius 1 is 1.25 bits per heavy atom. The number of benzene rings is 1. The molecular formula is C17H14BrN3O3. The number of nitrogens with zero attached hydrogens (tertiary/aromatic N) is 1. The van der Waals surface area contributed by atoms with Crippen molar-refractivity contribution in [2.45, 2.75) is 13.8 Å². The number of carbonyl (C=O) groups is 1. The van der Waals surface area contributed by atoms with E-state index < -0.39 is 0 Å². The summed E-state index contributed by atoms with van der Waals surface area (Å²) in [4.78, 5) is 30.9. The number of H-pyrrole nitrogens is 1. The first-order chi connectivity index (χ1) is 11.4. The van der Waals surface area contributed by atoms with Gasteiger partial charge in [-0.05, 0) is 48.0 Å². The molecule has 1 amide bonds. The molecule has 0 fully saturated rings. The molecule has 3 aromatic rings. The molecule has 0 atom stereocenters. The molecule has 1 aromatic carbocycles. The van der Waals surface area contributed by atoms with Gasteiger partial charge in [0, 0.05) is 28.6 Å². The van der Waals surface area contributed by atoms with E-state index in [4.69, 9.17) is 4.42 Å². The van der Waals surface area contributed by atoms with E-state index in [0.717, 1.165) is 5.56 Å². The number of hydrogen-bond acceptors (Lipinski definition) is 4. The van der Waals surface area contributed by atoms with Crippen LogP contribution < -0.4 is 10.9 Å². The highest BCUT2D eigenvalue weighted by molar-refractivity contribution is 9.10. The Morgan fingerprint density at radius 2 is 2.04 bits per heavy atom. The van der Waals surface area contributed by atoms with Gasteiger partial charge in [0.15, 0.2) is 10.4 Å². The summed E-state index contributed by atoms with van der Waals surface area (Å²) in [5, 5.41) is 2.78. The number of rotatable bonds is 3. The average molecular weight is 388 g/mol. The molecule has 2 heterocycles. The fourth-order valence-electron chi connectivity index (χ4n) is 2.32. The molecule has 3 rings (SSSR count). The van der Waals surface area contributed by atoms with E-state index in [0.29, 0.717) is 27.4 Å². The first kappa shape index (κ1) is 16.2. The van der Waals surface area contributed by atoms with Crippen molar-refractivity contribution >= 4 is 27.5 Å². The van der Waals surface area contributed by atoms with Crippen molar-refractivity contribution in [3.05, 3.63) is 68.4 Å². The Hall–Kier alpha value is -2.67. The van der Waals surface area contributed by atoms with Crippen molar-refractivity contribution in [2.75, 3.05) is 5.32 Å². The van der Waals surface area contributed by atoms with Gasteiger partial charge in [0.2, 0.25) is 0 Å². The topological polar surface area (TPSA) is 88.0 Å². The van der Waals surface area contributed by atoms with Crippen LogP contribution in [0.3, 0.4) is 0 Å². The van der Waals surface area contributed by atoms with Gasteiger partial charge in [0.05, 0.1) is 0 Å². The number of amides is 1. The van der Waals surface area contributed by atoms with Gasteiger partial charge >= 0.3 is 0 Å². The quantitative estimate of drug-likeness (QED) is 0.717. The second-order valence-corrected chi connectivity index (χ2v) is 6.11. The third-order valence-electron chi connectivity index (χ3n) is 3.36. The van der Waals surface area contributed by atoms with Gasteiger partial charge in [0.1, 0.15) is 5.82 Å². The zero-order valence-electron chi connectivity index (χ0n) is 13.0. The first-order valence-corrected chi connectivity index (χ1v) is 7.97. The summed E-state index contributed by atoms with van der Waals surface area (Å²) < 4.78 is 5.84. The van der Waals surface area contributed by atoms with Crippen LogP contribution in [0.4, 0.5) is 5.69 Å². The molecule has 0 saturated carbocycles. The molecular weight excluding hydrogens is 374 g/mol. The standard InChI is InChI=1S/C17H14BrN3O3/c1-9-6-13(18)24-15(9)17(23)20-12-5-3-4-11(8-12)16-19-10(2)7-14(22)21-16/h3-8H,1-2H3,(H,20,23)(H,19,21,22). The van der Waals surface area contributed by atoms with Crippen LogP contribution in [0.15, 0.2) is 50.3 Å². The zero-order valence-corrected chi connectivity index (χ0v) is 14.6. The second kappa shape index (κ2) is 6.45. The maximum atomic E-state index is 12.3. The predicted molar refractivity (Wildman–Crippen MR) is 94.1 cm³/mol. The van der Waals surface area contributed by atoms with E-state index in [9.17, 15) is 9.59 Å². The first-order valence-electron chi connectivity index (χ1n) is 7.18. The Labute approximate surface area is 146 Å². The van der Waals surface area contributed by atoms with Crippen LogP contribution in [0.5, 0.6) is 0 Å². The molecule has 0 radical (unpaired) electrons. The molecule has 0 aliphatic heterocycles. The minimum atomic E-state index is -0.346. The molecule has 0 aliphatic carbocycles. The van der Waals surface area contributed by atoms with Crippen LogP contribution in [0, 0.1) is 13.8 Å². The predicted octanol–water partition coefficient (Wildman–Crippen LogP) is 3.66. The monoisotopic (exact) mass is 387 g/mol. The van der Waals surface area contributed by atoms with Gasteiger partial charge < -0.3 is 14.7 Å². The van der Waals surface area contributed by atoms with Gasteiger partial charge in [-0.1, -0.05) is 12.1 Å². The van der Waals surface area contributed by atoms with Crippen LogP contribution in [0.1, 0.15) is 21.8 Å². The lowest BCUT2D eigenvalue weighted by atomic mass is 10.1. The Bertz CT molecular complexity index is 975. The molecule has 0 spiro atoms. The van der Waals surface area contributed by atoms with Crippen molar-refractivity contribution < 1.29 is 9.21 Å². The molecule has 0 unspecified atom stereocenters. The highest BCUT2D eigenvalue weighted by Crippen LogP contribution is 2.22. The lowest BCUT2D eigenvalue weighted by Crippen LogP contribution is -2.12. The van der Waals surface area contributed by atoms with E-state index in [2.05, 4.69) is 31.2 Å². The van der Waals surface area contributed by atoms with Crippen molar-refractivity contribution in [1.82, 2.24) is 9.97 Å². The van der Waals surface area contributed by atoms with Crippen LogP contribution in [0.2, 0.25) is 0 Å². The minimum absolute atomic E-state index is 0.219. The summed E-state index contributed by atoms with van der Waals surface area (Å²) in [6.07, 6.45) is 0. The SMILES string of the molecule is Cc1cc(=O)[nH]c(-c2cccc(NC(=O)c3oc(Br)cc3C)c2)n1. The summed E-state index contributed by atoms with van der Waals surface area (Å²) in [7, 11) is 0. The Morgan fingerprint density at radius 3 is 2.71 bits per heavy atom. The van der Waals surface area contributed by atoms with Crippen molar-refractivity contribution in [3.63, 3.8) is 0 Å². The summed E-state index contributed by atoms with van der Waals surface area (Å²) in [5.74, 6) is 0.350. The smallest absolute Gasteiger partial charge is 0.291 e. The number of furan rings is 1. The third-order valence-corrected chi connectivity index (χ3v) is 3.75. The largest absolute Gasteiger partial charge is 0.444 e. The number of aromatic nitrogens is 2. The Kier molecular flexibility index (Phi) is 4.35. The van der Waals surface area contributed by atoms with E-state index in [1.165, 1.54) is 6.07 Å². The number of anilines is 1. The number of hydrogen-bond donors (Lipinski definition) is 2. The normalized spacial score (nSPS) is 10.6. The average Bonchev–Trinajstić information content (AvgIpc) is 2.85. The molecule has 7 heteroatoms. The molecule has 24 heavy (non-hydrogen) atoms. The highest BCUT2D eigenvalue weighted by atomic mass is 79.9. The maximum Gasteiger partial charge on any atom is 0.291 e. The molecule has 0 saturated heterocycles. The van der Waals surface area contributed by atoms with Gasteiger partial charge in [-0.15, -0.1) is 0 Å². The van der Waals surface area contributed by atoms with Gasteiger partial charge in [-0.25, -0.2) is 4.98 Å². The van der Waals surface area contributed by atoms with Crippen molar-refractivity contribution in [2.24, 2.45) is 0 Å². The molecule has 2 N–H and O–H groups in total. The van der Waals surface area contributed by atoms with Crippen LogP contribution in [0.25, 0.3) is 11.4 Å². The zero-order chi connectivity index (χ0) is 17.3. The van der Waals surface area contributed by atoms with Crippen LogP contribution >= 0.6 is 15.9 Å². The van der Waals surface area contributed by atoms with Gasteiger partial charge in [-0.3, -0.25) is 9.59 Å². The lowest BCUT2D eigenvalue weighted by molar-refractivity contribution is 0.0994. The summed E-state index contributed by atoms with van der Waals surface area (Å²) in [6, 6.07) is 10.2. The molecule has 0 aliphatic rings. The fraction of sp³-hybridized carbons (Fsp3) is 0.118. The van der Waals surface area contributed by atoms with Crippen LogP contribution in [-0.2, 0) is 0 Å². The number of aryl methyl sites for hydroxylation is 2. The molecule has 122 valence electrons. The minimum Gasteiger partial charge on any atom is -0.444 e. The number of nitrogens with one attached hydrogen (secondary N) is 2. The van der Waals surface area contributed by atoms with Gasteiger partial charge in [-0.2, -0.15) is 0 Å². The summed E-state index contributed by atoms with van der Waals surface area (Å²) in [5.41, 5.74) is 2.42. The fourth-order valence-corrected chi connectivity index (χ4v) is 2.82. The Balaban J connectivity index is 1.89. The number of aromatic amines is 1. The summed E-state index contributed by atoms with van der Waals surface area (Å²) >= 11 is 3.20. The molecule has 6 nitrogen and oxygen atoms in total. The van der Waals surface area contributed by atoms with Crippen molar-refractivity contribution in [3.8, 4) is 11.4 Å². The van der Waals surface area contributed by atoms with Gasteiger partial charge in [0.25, 0.3) is 11.5 Å². The summed E-state index contributed by atoms with van der Waals surface area (Å²) in [6.45, 7) is 3.54. The molecule has 2 aromatic heterocycles. The van der Waals surface area contributed by atoms with E-state index in [1.54, 1.807) is 38.1 Å². The van der Waals surface area contributed by atoms with E-state index >= 15 is 0 Å². The molecule has 0 bridgehead atoms. The highest BCUT2D eigenvalue weighted by Gasteiger charge is 2.15. The number of carbonyl (C=O) groups excluding carboxylic acids is 1. The maximum absolute atomic E-state index is 12.3. The van der Waals surface area contributed by atoms with E-state index in [1.807, 2.05) is 6.07 Å². The third kappa shape index (κ3) is 3.46. The second-order valence-electron chi connectivity index (χ2n) is 5.33. The van der Waals surface area contributed by atoms with Crippen molar-refractivity contribution in [1.29, 1.82) is 0 Å².